The Hall–Kier alpha value is -1.55. The van der Waals surface area contributed by atoms with Gasteiger partial charge in [0.1, 0.15) is 5.75 Å². The third-order valence-corrected chi connectivity index (χ3v) is 3.42. The Balaban J connectivity index is 3.30. The van der Waals surface area contributed by atoms with Gasteiger partial charge in [-0.1, -0.05) is 26.0 Å². The van der Waals surface area contributed by atoms with Crippen LogP contribution in [0.2, 0.25) is 0 Å². The largest absolute Gasteiger partial charge is 0.496 e. The zero-order valence-corrected chi connectivity index (χ0v) is 12.7. The number of nitrogens with zero attached hydrogens (tertiary/aromatic N) is 1. The first kappa shape index (κ1) is 15.5. The summed E-state index contributed by atoms with van der Waals surface area (Å²) in [6.07, 6.45) is 0. The number of hydrogen-bond acceptors (Lipinski definition) is 3. The number of benzene rings is 1. The van der Waals surface area contributed by atoms with Crippen LogP contribution in [-0.2, 0) is 10.2 Å². The number of hydrogen-bond donors (Lipinski definition) is 1. The predicted molar refractivity (Wildman–Crippen MR) is 77.1 cm³/mol. The highest BCUT2D eigenvalue weighted by Crippen LogP contribution is 2.34. The minimum Gasteiger partial charge on any atom is -0.496 e. The monoisotopic (exact) mass is 264 g/mol. The van der Waals surface area contributed by atoms with Crippen molar-refractivity contribution in [3.8, 4) is 5.75 Å². The normalized spacial score (nSPS) is 11.6. The molecular weight excluding hydrogens is 240 g/mol. The molecule has 2 N–H and O–H groups in total. The van der Waals surface area contributed by atoms with E-state index in [-0.39, 0.29) is 5.91 Å². The zero-order chi connectivity index (χ0) is 14.8. The van der Waals surface area contributed by atoms with E-state index in [4.69, 9.17) is 10.6 Å². The van der Waals surface area contributed by atoms with Crippen LogP contribution in [0, 0.1) is 0 Å². The van der Waals surface area contributed by atoms with E-state index < -0.39 is 5.41 Å². The van der Waals surface area contributed by atoms with Gasteiger partial charge >= 0.3 is 0 Å². The Morgan fingerprint density at radius 3 is 2.37 bits per heavy atom. The summed E-state index contributed by atoms with van der Waals surface area (Å²) in [6, 6.07) is 5.98. The van der Waals surface area contributed by atoms with Crippen molar-refractivity contribution in [2.45, 2.75) is 39.0 Å². The molecule has 0 aliphatic rings. The molecular formula is C15H24N2O2. The van der Waals surface area contributed by atoms with Crippen molar-refractivity contribution in [1.29, 1.82) is 0 Å². The number of ether oxygens (including phenoxy) is 1. The quantitative estimate of drug-likeness (QED) is 0.516. The van der Waals surface area contributed by atoms with Crippen molar-refractivity contribution in [1.82, 2.24) is 5.01 Å². The summed E-state index contributed by atoms with van der Waals surface area (Å²) in [5.74, 6) is 6.57. The van der Waals surface area contributed by atoms with E-state index in [0.29, 0.717) is 5.92 Å². The lowest BCUT2D eigenvalue weighted by atomic mass is 9.82. The molecule has 0 aliphatic carbocycles. The topological polar surface area (TPSA) is 55.6 Å². The number of nitrogens with two attached hydrogens (primary N) is 1. The van der Waals surface area contributed by atoms with Crippen molar-refractivity contribution in [3.05, 3.63) is 29.3 Å². The second kappa shape index (κ2) is 5.61. The second-order valence-corrected chi connectivity index (χ2v) is 5.66. The van der Waals surface area contributed by atoms with Gasteiger partial charge in [-0.15, -0.1) is 0 Å². The molecule has 0 fully saturated rings. The molecule has 1 rings (SSSR count). The molecule has 0 aliphatic heterocycles. The first-order valence-electron chi connectivity index (χ1n) is 6.43. The van der Waals surface area contributed by atoms with Gasteiger partial charge in [-0.3, -0.25) is 9.80 Å². The Labute approximate surface area is 115 Å². The number of amides is 1. The number of likely N-dealkylation sites (N-methyl/N-ethyl adjacent to an activating group) is 1. The maximum atomic E-state index is 12.2. The summed E-state index contributed by atoms with van der Waals surface area (Å²) in [7, 11) is 3.18. The van der Waals surface area contributed by atoms with Crippen LogP contribution >= 0.6 is 0 Å². The minimum absolute atomic E-state index is 0.150. The maximum absolute atomic E-state index is 12.2. The van der Waals surface area contributed by atoms with Gasteiger partial charge in [0, 0.05) is 12.6 Å². The van der Waals surface area contributed by atoms with Gasteiger partial charge < -0.3 is 4.74 Å². The zero-order valence-electron chi connectivity index (χ0n) is 12.7. The Bertz CT molecular complexity index is 465. The molecule has 4 heteroatoms. The molecule has 0 unspecified atom stereocenters. The molecule has 0 radical (unpaired) electrons. The number of rotatable bonds is 4. The smallest absolute Gasteiger partial charge is 0.246 e. The number of methoxy groups -OCH3 is 1. The average Bonchev–Trinajstić information content (AvgIpc) is 2.36. The summed E-state index contributed by atoms with van der Waals surface area (Å²) in [4.78, 5) is 12.2. The predicted octanol–water partition coefficient (Wildman–Crippen LogP) is 2.43. The molecule has 4 nitrogen and oxygen atoms in total. The number of carbonyl (C=O) groups excluding carboxylic acids is 1. The molecule has 0 bridgehead atoms. The van der Waals surface area contributed by atoms with Gasteiger partial charge in [0.15, 0.2) is 0 Å². The highest BCUT2D eigenvalue weighted by molar-refractivity contribution is 5.87. The van der Waals surface area contributed by atoms with E-state index in [1.165, 1.54) is 5.56 Å². The molecule has 0 heterocycles. The van der Waals surface area contributed by atoms with Crippen molar-refractivity contribution >= 4 is 5.91 Å². The van der Waals surface area contributed by atoms with Crippen LogP contribution in [0.5, 0.6) is 5.75 Å². The Morgan fingerprint density at radius 2 is 1.95 bits per heavy atom. The summed E-state index contributed by atoms with van der Waals surface area (Å²) >= 11 is 0. The molecule has 1 aromatic rings. The van der Waals surface area contributed by atoms with Gasteiger partial charge in [-0.2, -0.15) is 0 Å². The van der Waals surface area contributed by atoms with E-state index in [1.54, 1.807) is 14.2 Å². The summed E-state index contributed by atoms with van der Waals surface area (Å²) in [5.41, 5.74) is 1.32. The maximum Gasteiger partial charge on any atom is 0.246 e. The van der Waals surface area contributed by atoms with Crippen LogP contribution < -0.4 is 10.6 Å². The van der Waals surface area contributed by atoms with Gasteiger partial charge in [-0.25, -0.2) is 5.84 Å². The molecule has 0 saturated carbocycles. The molecule has 1 amide bonds. The lowest BCUT2D eigenvalue weighted by molar-refractivity contribution is -0.135. The lowest BCUT2D eigenvalue weighted by Gasteiger charge is -2.29. The van der Waals surface area contributed by atoms with Gasteiger partial charge in [-0.05, 0) is 31.4 Å². The van der Waals surface area contributed by atoms with E-state index in [9.17, 15) is 4.79 Å². The Morgan fingerprint density at radius 1 is 1.37 bits per heavy atom. The fourth-order valence-electron chi connectivity index (χ4n) is 2.14. The van der Waals surface area contributed by atoms with Crippen LogP contribution in [0.1, 0.15) is 44.7 Å². The van der Waals surface area contributed by atoms with Crippen molar-refractivity contribution < 1.29 is 9.53 Å². The van der Waals surface area contributed by atoms with Crippen LogP contribution in [-0.4, -0.2) is 25.1 Å². The molecule has 0 saturated heterocycles. The first-order valence-corrected chi connectivity index (χ1v) is 6.43. The Kier molecular flexibility index (Phi) is 4.58. The van der Waals surface area contributed by atoms with Crippen LogP contribution in [0.3, 0.4) is 0 Å². The summed E-state index contributed by atoms with van der Waals surface area (Å²) < 4.78 is 5.44. The van der Waals surface area contributed by atoms with E-state index in [0.717, 1.165) is 16.3 Å². The third-order valence-electron chi connectivity index (χ3n) is 3.42. The second-order valence-electron chi connectivity index (χ2n) is 5.66. The van der Waals surface area contributed by atoms with Crippen LogP contribution in [0.25, 0.3) is 0 Å². The number of carbonyl (C=O) groups is 1. The van der Waals surface area contributed by atoms with Crippen molar-refractivity contribution in [3.63, 3.8) is 0 Å². The van der Waals surface area contributed by atoms with Gasteiger partial charge in [0.25, 0.3) is 0 Å². The molecule has 0 spiro atoms. The molecule has 0 atom stereocenters. The van der Waals surface area contributed by atoms with E-state index >= 15 is 0 Å². The molecule has 1 aromatic carbocycles. The van der Waals surface area contributed by atoms with E-state index in [1.807, 2.05) is 32.0 Å². The molecule has 0 aromatic heterocycles. The van der Waals surface area contributed by atoms with Gasteiger partial charge in [0.2, 0.25) is 5.91 Å². The first-order chi connectivity index (χ1) is 8.71. The lowest BCUT2D eigenvalue weighted by Crippen LogP contribution is -2.45. The van der Waals surface area contributed by atoms with Crippen LogP contribution in [0.4, 0.5) is 0 Å². The van der Waals surface area contributed by atoms with Crippen molar-refractivity contribution in [2.75, 3.05) is 14.2 Å². The van der Waals surface area contributed by atoms with E-state index in [2.05, 4.69) is 13.8 Å². The standard InChI is InChI=1S/C15H24N2O2/c1-10(2)11-7-8-12(13(9-11)19-6)15(3,4)14(18)17(5)16/h7-10H,16H2,1-6H3. The minimum atomic E-state index is -0.718. The number of hydrazine groups is 1. The highest BCUT2D eigenvalue weighted by Gasteiger charge is 2.34. The molecule has 19 heavy (non-hydrogen) atoms. The van der Waals surface area contributed by atoms with Crippen molar-refractivity contribution in [2.24, 2.45) is 5.84 Å². The third kappa shape index (κ3) is 3.07. The SMILES string of the molecule is COc1cc(C(C)C)ccc1C(C)(C)C(=O)N(C)N. The molecule has 106 valence electrons. The average molecular weight is 264 g/mol. The highest BCUT2D eigenvalue weighted by atomic mass is 16.5. The summed E-state index contributed by atoms with van der Waals surface area (Å²) in [5, 5.41) is 1.12. The summed E-state index contributed by atoms with van der Waals surface area (Å²) in [6.45, 7) is 7.95. The van der Waals surface area contributed by atoms with Crippen LogP contribution in [0.15, 0.2) is 18.2 Å². The van der Waals surface area contributed by atoms with Gasteiger partial charge in [0.05, 0.1) is 12.5 Å². The fraction of sp³-hybridized carbons (Fsp3) is 0.533. The fourth-order valence-corrected chi connectivity index (χ4v) is 2.14.